The topological polar surface area (TPSA) is 80.1 Å². The van der Waals surface area contributed by atoms with Crippen LogP contribution in [0.5, 0.6) is 0 Å². The monoisotopic (exact) mass is 387 g/mol. The van der Waals surface area contributed by atoms with Gasteiger partial charge in [-0.15, -0.1) is 16.7 Å². The molecule has 0 spiro atoms. The Bertz CT molecular complexity index is 823. The first-order chi connectivity index (χ1) is 13.1. The summed E-state index contributed by atoms with van der Waals surface area (Å²) in [6.07, 6.45) is 5.38. The van der Waals surface area contributed by atoms with Crippen molar-refractivity contribution in [3.8, 4) is 0 Å². The third-order valence-corrected chi connectivity index (χ3v) is 5.45. The second-order valence-corrected chi connectivity index (χ2v) is 7.45. The molecule has 1 aromatic carbocycles. The number of piperidine rings is 1. The van der Waals surface area contributed by atoms with E-state index >= 15 is 0 Å². The number of likely N-dealkylation sites (tertiary alicyclic amines) is 1. The van der Waals surface area contributed by atoms with E-state index in [1.54, 1.807) is 10.9 Å². The maximum atomic E-state index is 12.6. The van der Waals surface area contributed by atoms with Crippen LogP contribution in [0.25, 0.3) is 0 Å². The molecule has 4 rings (SSSR count). The smallest absolute Gasteiger partial charge is 0.273 e. The van der Waals surface area contributed by atoms with Crippen LogP contribution in [-0.2, 0) is 5.88 Å². The molecule has 1 saturated carbocycles. The van der Waals surface area contributed by atoms with Crippen LogP contribution in [-0.4, -0.2) is 50.8 Å². The summed E-state index contributed by atoms with van der Waals surface area (Å²) in [5.74, 6) is 0.269. The molecule has 2 amide bonds. The molecule has 1 aromatic heterocycles. The lowest BCUT2D eigenvalue weighted by atomic mass is 10.0. The minimum absolute atomic E-state index is 0.0216. The summed E-state index contributed by atoms with van der Waals surface area (Å²) in [5.41, 5.74) is 2.02. The highest BCUT2D eigenvalue weighted by Crippen LogP contribution is 2.33. The largest absolute Gasteiger partial charge is 0.348 e. The number of carbonyl (C=O) groups is 2. The number of amides is 2. The maximum absolute atomic E-state index is 12.6. The van der Waals surface area contributed by atoms with E-state index in [9.17, 15) is 9.59 Å². The molecule has 2 fully saturated rings. The first-order valence-electron chi connectivity index (χ1n) is 9.31. The summed E-state index contributed by atoms with van der Waals surface area (Å²) >= 11 is 5.79. The van der Waals surface area contributed by atoms with Crippen molar-refractivity contribution in [2.24, 2.45) is 0 Å². The molecule has 0 atom stereocenters. The molecule has 1 saturated heterocycles. The molecule has 27 heavy (non-hydrogen) atoms. The van der Waals surface area contributed by atoms with Gasteiger partial charge in [-0.3, -0.25) is 9.59 Å². The van der Waals surface area contributed by atoms with Gasteiger partial charge in [-0.05, 0) is 43.4 Å². The van der Waals surface area contributed by atoms with Crippen molar-refractivity contribution in [1.29, 1.82) is 0 Å². The standard InChI is InChI=1S/C19H22ClN5O2/c20-11-13-1-3-14(4-2-13)19(27)24-9-7-15(8-10-24)21-18(26)17-12-25(23-22-17)16-5-6-16/h1-4,12,15-16H,5-11H2,(H,21,26). The van der Waals surface area contributed by atoms with Crippen LogP contribution in [0, 0.1) is 0 Å². The molecular formula is C19H22ClN5O2. The van der Waals surface area contributed by atoms with Crippen LogP contribution in [0.15, 0.2) is 30.5 Å². The molecule has 1 N–H and O–H groups in total. The van der Waals surface area contributed by atoms with Gasteiger partial charge in [0.1, 0.15) is 0 Å². The average Bonchev–Trinajstić information content (AvgIpc) is 3.44. The van der Waals surface area contributed by atoms with Crippen molar-refractivity contribution in [3.63, 3.8) is 0 Å². The van der Waals surface area contributed by atoms with Crippen molar-refractivity contribution in [2.45, 2.75) is 43.6 Å². The second-order valence-electron chi connectivity index (χ2n) is 7.19. The number of halogens is 1. The minimum atomic E-state index is -0.191. The van der Waals surface area contributed by atoms with Gasteiger partial charge in [-0.2, -0.15) is 0 Å². The fourth-order valence-electron chi connectivity index (χ4n) is 3.30. The molecular weight excluding hydrogens is 366 g/mol. The number of aromatic nitrogens is 3. The molecule has 8 heteroatoms. The molecule has 2 aromatic rings. The Morgan fingerprint density at radius 3 is 2.44 bits per heavy atom. The zero-order valence-electron chi connectivity index (χ0n) is 15.0. The first kappa shape index (κ1) is 18.0. The molecule has 1 aliphatic heterocycles. The molecule has 0 bridgehead atoms. The van der Waals surface area contributed by atoms with Crippen LogP contribution in [0.2, 0.25) is 0 Å². The number of hydrogen-bond donors (Lipinski definition) is 1. The Balaban J connectivity index is 1.28. The quantitative estimate of drug-likeness (QED) is 0.799. The van der Waals surface area contributed by atoms with Gasteiger partial charge in [-0.1, -0.05) is 17.3 Å². The highest BCUT2D eigenvalue weighted by atomic mass is 35.5. The van der Waals surface area contributed by atoms with Crippen LogP contribution in [0.1, 0.15) is 58.1 Å². The molecule has 1 aliphatic carbocycles. The number of nitrogens with zero attached hydrogens (tertiary/aromatic N) is 4. The van der Waals surface area contributed by atoms with Gasteiger partial charge < -0.3 is 10.2 Å². The predicted molar refractivity (Wildman–Crippen MR) is 101 cm³/mol. The van der Waals surface area contributed by atoms with Gasteiger partial charge in [0.05, 0.1) is 12.2 Å². The first-order valence-corrected chi connectivity index (χ1v) is 9.84. The third kappa shape index (κ3) is 4.13. The van der Waals surface area contributed by atoms with E-state index in [4.69, 9.17) is 11.6 Å². The summed E-state index contributed by atoms with van der Waals surface area (Å²) < 4.78 is 1.77. The molecule has 2 aliphatic rings. The highest BCUT2D eigenvalue weighted by Gasteiger charge is 2.28. The van der Waals surface area contributed by atoms with Crippen molar-refractivity contribution < 1.29 is 9.59 Å². The zero-order valence-corrected chi connectivity index (χ0v) is 15.7. The van der Waals surface area contributed by atoms with Gasteiger partial charge in [0.2, 0.25) is 0 Å². The lowest BCUT2D eigenvalue weighted by Gasteiger charge is -2.32. The van der Waals surface area contributed by atoms with Crippen molar-refractivity contribution in [1.82, 2.24) is 25.2 Å². The SMILES string of the molecule is O=C(NC1CCN(C(=O)c2ccc(CCl)cc2)CC1)c1cn(C2CC2)nn1. The van der Waals surface area contributed by atoms with Crippen molar-refractivity contribution in [2.75, 3.05) is 13.1 Å². The lowest BCUT2D eigenvalue weighted by molar-refractivity contribution is 0.0697. The van der Waals surface area contributed by atoms with E-state index in [1.165, 1.54) is 0 Å². The summed E-state index contributed by atoms with van der Waals surface area (Å²) in [6.45, 7) is 1.24. The van der Waals surface area contributed by atoms with Crippen LogP contribution >= 0.6 is 11.6 Å². The molecule has 0 radical (unpaired) electrons. The van der Waals surface area contributed by atoms with Gasteiger partial charge in [-0.25, -0.2) is 4.68 Å². The van der Waals surface area contributed by atoms with E-state index in [0.717, 1.165) is 31.2 Å². The van der Waals surface area contributed by atoms with E-state index < -0.39 is 0 Å². The van der Waals surface area contributed by atoms with Gasteiger partial charge in [0.15, 0.2) is 5.69 Å². The van der Waals surface area contributed by atoms with Gasteiger partial charge in [0.25, 0.3) is 11.8 Å². The summed E-state index contributed by atoms with van der Waals surface area (Å²) in [4.78, 5) is 26.8. The zero-order chi connectivity index (χ0) is 18.8. The number of benzene rings is 1. The maximum Gasteiger partial charge on any atom is 0.273 e. The summed E-state index contributed by atoms with van der Waals surface area (Å²) in [5, 5.41) is 11.0. The van der Waals surface area contributed by atoms with Crippen molar-refractivity contribution in [3.05, 3.63) is 47.3 Å². The second kappa shape index (κ2) is 7.68. The normalized spacial score (nSPS) is 17.7. The Kier molecular flexibility index (Phi) is 5.11. The summed E-state index contributed by atoms with van der Waals surface area (Å²) in [6, 6.07) is 7.84. The predicted octanol–water partition coefficient (Wildman–Crippen LogP) is 2.39. The highest BCUT2D eigenvalue weighted by molar-refractivity contribution is 6.17. The number of carbonyl (C=O) groups excluding carboxylic acids is 2. The fourth-order valence-corrected chi connectivity index (χ4v) is 3.48. The number of hydrogen-bond acceptors (Lipinski definition) is 4. The lowest BCUT2D eigenvalue weighted by Crippen LogP contribution is -2.46. The minimum Gasteiger partial charge on any atom is -0.348 e. The molecule has 2 heterocycles. The Morgan fingerprint density at radius 1 is 1.11 bits per heavy atom. The molecule has 0 unspecified atom stereocenters. The molecule has 7 nitrogen and oxygen atoms in total. The van der Waals surface area contributed by atoms with E-state index in [0.29, 0.717) is 36.3 Å². The Hall–Kier alpha value is -2.41. The number of alkyl halides is 1. The fraction of sp³-hybridized carbons (Fsp3) is 0.474. The average molecular weight is 388 g/mol. The van der Waals surface area contributed by atoms with Crippen molar-refractivity contribution >= 4 is 23.4 Å². The van der Waals surface area contributed by atoms with Crippen LogP contribution < -0.4 is 5.32 Å². The van der Waals surface area contributed by atoms with Crippen LogP contribution in [0.4, 0.5) is 0 Å². The van der Waals surface area contributed by atoms with E-state index in [-0.39, 0.29) is 17.9 Å². The van der Waals surface area contributed by atoms with Gasteiger partial charge in [0, 0.05) is 30.6 Å². The van der Waals surface area contributed by atoms with E-state index in [2.05, 4.69) is 15.6 Å². The molecule has 142 valence electrons. The summed E-state index contributed by atoms with van der Waals surface area (Å²) in [7, 11) is 0. The number of nitrogens with one attached hydrogen (secondary N) is 1. The third-order valence-electron chi connectivity index (χ3n) is 5.14. The Labute approximate surface area is 162 Å². The van der Waals surface area contributed by atoms with Crippen LogP contribution in [0.3, 0.4) is 0 Å². The Morgan fingerprint density at radius 2 is 1.81 bits per heavy atom. The number of rotatable bonds is 5. The van der Waals surface area contributed by atoms with Gasteiger partial charge >= 0.3 is 0 Å². The van der Waals surface area contributed by atoms with E-state index in [1.807, 2.05) is 29.2 Å².